The summed E-state index contributed by atoms with van der Waals surface area (Å²) in [5.74, 6) is 0.627. The van der Waals surface area contributed by atoms with E-state index in [1.54, 1.807) is 6.92 Å². The normalized spacial score (nSPS) is 10.5. The van der Waals surface area contributed by atoms with Gasteiger partial charge in [-0.3, -0.25) is 4.68 Å². The summed E-state index contributed by atoms with van der Waals surface area (Å²) in [7, 11) is 0. The third-order valence-electron chi connectivity index (χ3n) is 1.98. The van der Waals surface area contributed by atoms with E-state index in [0.29, 0.717) is 18.4 Å². The zero-order valence-corrected chi connectivity index (χ0v) is 8.77. The molecule has 2 heterocycles. The van der Waals surface area contributed by atoms with Crippen molar-refractivity contribution in [3.63, 3.8) is 0 Å². The van der Waals surface area contributed by atoms with Crippen molar-refractivity contribution in [3.05, 3.63) is 23.8 Å². The van der Waals surface area contributed by atoms with Crippen molar-refractivity contribution < 1.29 is 4.52 Å². The highest BCUT2D eigenvalue weighted by molar-refractivity contribution is 5.21. The second kappa shape index (κ2) is 4.12. The van der Waals surface area contributed by atoms with E-state index < -0.39 is 0 Å². The van der Waals surface area contributed by atoms with Crippen molar-refractivity contribution in [3.8, 4) is 0 Å². The molecule has 0 atom stereocenters. The van der Waals surface area contributed by atoms with Crippen molar-refractivity contribution in [1.29, 1.82) is 0 Å². The first kappa shape index (κ1) is 9.70. The van der Waals surface area contributed by atoms with Gasteiger partial charge in [0, 0.05) is 24.8 Å². The molecule has 80 valence electrons. The molecule has 0 aliphatic carbocycles. The SMILES string of the molecule is CCn1cc(CNc2nc(C)no2)cn1. The first-order valence-corrected chi connectivity index (χ1v) is 4.83. The molecule has 0 unspecified atom stereocenters. The van der Waals surface area contributed by atoms with Crippen LogP contribution in [0.1, 0.15) is 18.3 Å². The number of aromatic nitrogens is 4. The Bertz CT molecular complexity index is 433. The van der Waals surface area contributed by atoms with Crippen LogP contribution in [-0.4, -0.2) is 19.9 Å². The molecule has 0 bridgehead atoms. The Balaban J connectivity index is 1.93. The Morgan fingerprint density at radius 2 is 2.40 bits per heavy atom. The molecule has 0 saturated heterocycles. The van der Waals surface area contributed by atoms with Gasteiger partial charge in [-0.25, -0.2) is 0 Å². The Morgan fingerprint density at radius 1 is 1.53 bits per heavy atom. The maximum Gasteiger partial charge on any atom is 0.321 e. The molecular formula is C9H13N5O. The van der Waals surface area contributed by atoms with Gasteiger partial charge in [0.25, 0.3) is 0 Å². The van der Waals surface area contributed by atoms with Gasteiger partial charge in [-0.1, -0.05) is 5.16 Å². The topological polar surface area (TPSA) is 68.8 Å². The summed E-state index contributed by atoms with van der Waals surface area (Å²) in [5.41, 5.74) is 1.09. The van der Waals surface area contributed by atoms with Crippen molar-refractivity contribution in [2.75, 3.05) is 5.32 Å². The van der Waals surface area contributed by atoms with E-state index in [0.717, 1.165) is 12.1 Å². The number of anilines is 1. The summed E-state index contributed by atoms with van der Waals surface area (Å²) in [6.07, 6.45) is 3.80. The van der Waals surface area contributed by atoms with E-state index in [4.69, 9.17) is 4.52 Å². The van der Waals surface area contributed by atoms with Crippen LogP contribution in [0.4, 0.5) is 6.01 Å². The minimum atomic E-state index is 0.441. The molecule has 2 aromatic heterocycles. The second-order valence-corrected chi connectivity index (χ2v) is 3.20. The second-order valence-electron chi connectivity index (χ2n) is 3.20. The minimum absolute atomic E-state index is 0.441. The molecule has 0 aliphatic rings. The van der Waals surface area contributed by atoms with E-state index in [9.17, 15) is 0 Å². The fourth-order valence-corrected chi connectivity index (χ4v) is 1.22. The largest absolute Gasteiger partial charge is 0.334 e. The summed E-state index contributed by atoms with van der Waals surface area (Å²) in [4.78, 5) is 4.04. The molecule has 0 fully saturated rings. The lowest BCUT2D eigenvalue weighted by Crippen LogP contribution is -1.98. The standard InChI is InChI=1S/C9H13N5O/c1-3-14-6-8(5-11-14)4-10-9-12-7(2)13-15-9/h5-6H,3-4H2,1-2H3,(H,10,12,13). The predicted octanol–water partition coefficient (Wildman–Crippen LogP) is 1.21. The third-order valence-corrected chi connectivity index (χ3v) is 1.98. The molecule has 0 spiro atoms. The van der Waals surface area contributed by atoms with Crippen LogP contribution in [0.2, 0.25) is 0 Å². The lowest BCUT2D eigenvalue weighted by Gasteiger charge is -1.96. The molecule has 0 aromatic carbocycles. The number of nitrogens with one attached hydrogen (secondary N) is 1. The lowest BCUT2D eigenvalue weighted by atomic mass is 10.4. The lowest BCUT2D eigenvalue weighted by molar-refractivity contribution is 0.425. The Labute approximate surface area is 87.3 Å². The molecule has 1 N–H and O–H groups in total. The monoisotopic (exact) mass is 207 g/mol. The smallest absolute Gasteiger partial charge is 0.321 e. The van der Waals surface area contributed by atoms with Crippen LogP contribution in [0.3, 0.4) is 0 Å². The fraction of sp³-hybridized carbons (Fsp3) is 0.444. The molecule has 0 saturated carbocycles. The third kappa shape index (κ3) is 2.34. The molecule has 6 nitrogen and oxygen atoms in total. The molecule has 2 aromatic rings. The molecule has 0 radical (unpaired) electrons. The summed E-state index contributed by atoms with van der Waals surface area (Å²) in [5, 5.41) is 10.9. The van der Waals surface area contributed by atoms with Gasteiger partial charge in [0.1, 0.15) is 0 Å². The highest BCUT2D eigenvalue weighted by Gasteiger charge is 2.02. The van der Waals surface area contributed by atoms with E-state index in [2.05, 4.69) is 20.6 Å². The van der Waals surface area contributed by atoms with Gasteiger partial charge in [-0.2, -0.15) is 10.1 Å². The maximum absolute atomic E-state index is 4.92. The van der Waals surface area contributed by atoms with Crippen LogP contribution < -0.4 is 5.32 Å². The zero-order chi connectivity index (χ0) is 10.7. The number of rotatable bonds is 4. The van der Waals surface area contributed by atoms with Gasteiger partial charge >= 0.3 is 6.01 Å². The van der Waals surface area contributed by atoms with Gasteiger partial charge in [-0.05, 0) is 13.8 Å². The maximum atomic E-state index is 4.92. The first-order chi connectivity index (χ1) is 7.28. The Hall–Kier alpha value is -1.85. The fourth-order valence-electron chi connectivity index (χ4n) is 1.22. The van der Waals surface area contributed by atoms with Crippen LogP contribution in [-0.2, 0) is 13.1 Å². The van der Waals surface area contributed by atoms with Crippen LogP contribution >= 0.6 is 0 Å². The Kier molecular flexibility index (Phi) is 2.66. The van der Waals surface area contributed by atoms with Crippen LogP contribution in [0.5, 0.6) is 0 Å². The van der Waals surface area contributed by atoms with Crippen molar-refractivity contribution >= 4 is 6.01 Å². The van der Waals surface area contributed by atoms with E-state index in [-0.39, 0.29) is 0 Å². The van der Waals surface area contributed by atoms with Gasteiger partial charge < -0.3 is 9.84 Å². The quantitative estimate of drug-likeness (QED) is 0.816. The van der Waals surface area contributed by atoms with E-state index in [1.165, 1.54) is 0 Å². The van der Waals surface area contributed by atoms with Gasteiger partial charge in [0.2, 0.25) is 0 Å². The summed E-state index contributed by atoms with van der Waals surface area (Å²) in [6.45, 7) is 5.34. The van der Waals surface area contributed by atoms with Gasteiger partial charge in [-0.15, -0.1) is 0 Å². The first-order valence-electron chi connectivity index (χ1n) is 4.83. The van der Waals surface area contributed by atoms with Crippen molar-refractivity contribution in [2.45, 2.75) is 26.9 Å². The Morgan fingerprint density at radius 3 is 3.00 bits per heavy atom. The summed E-state index contributed by atoms with van der Waals surface area (Å²) < 4.78 is 6.79. The highest BCUT2D eigenvalue weighted by atomic mass is 16.5. The number of nitrogens with zero attached hydrogens (tertiary/aromatic N) is 4. The average Bonchev–Trinajstić information content (AvgIpc) is 2.83. The van der Waals surface area contributed by atoms with Crippen LogP contribution in [0, 0.1) is 6.92 Å². The molecule has 0 aliphatic heterocycles. The summed E-state index contributed by atoms with van der Waals surface area (Å²) >= 11 is 0. The van der Waals surface area contributed by atoms with E-state index in [1.807, 2.05) is 24.0 Å². The molecule has 15 heavy (non-hydrogen) atoms. The van der Waals surface area contributed by atoms with E-state index >= 15 is 0 Å². The van der Waals surface area contributed by atoms with Crippen LogP contribution in [0.15, 0.2) is 16.9 Å². The van der Waals surface area contributed by atoms with Crippen LogP contribution in [0.25, 0.3) is 0 Å². The average molecular weight is 207 g/mol. The molecule has 0 amide bonds. The highest BCUT2D eigenvalue weighted by Crippen LogP contribution is 2.05. The van der Waals surface area contributed by atoms with Crippen molar-refractivity contribution in [1.82, 2.24) is 19.9 Å². The number of hydrogen-bond donors (Lipinski definition) is 1. The zero-order valence-electron chi connectivity index (χ0n) is 8.77. The number of aryl methyl sites for hydroxylation is 2. The number of hydrogen-bond acceptors (Lipinski definition) is 5. The van der Waals surface area contributed by atoms with Gasteiger partial charge in [0.15, 0.2) is 5.82 Å². The molecule has 6 heteroatoms. The minimum Gasteiger partial charge on any atom is -0.334 e. The summed E-state index contributed by atoms with van der Waals surface area (Å²) in [6, 6.07) is 0.441. The van der Waals surface area contributed by atoms with Gasteiger partial charge in [0.05, 0.1) is 6.20 Å². The molecule has 2 rings (SSSR count). The van der Waals surface area contributed by atoms with Crippen molar-refractivity contribution in [2.24, 2.45) is 0 Å². The predicted molar refractivity (Wildman–Crippen MR) is 54.3 cm³/mol. The molecular weight excluding hydrogens is 194 g/mol.